The third kappa shape index (κ3) is 3.48. The lowest BCUT2D eigenvalue weighted by Gasteiger charge is -2.09. The lowest BCUT2D eigenvalue weighted by atomic mass is 10.2. The maximum absolute atomic E-state index is 11.9. The summed E-state index contributed by atoms with van der Waals surface area (Å²) >= 11 is 0. The van der Waals surface area contributed by atoms with E-state index < -0.39 is 18.6 Å². The quantitative estimate of drug-likeness (QED) is 0.839. The molecular weight excluding hydrogens is 223 g/mol. The number of nitrogens with zero attached hydrogens (tertiary/aromatic N) is 2. The van der Waals surface area contributed by atoms with Gasteiger partial charge >= 0.3 is 6.18 Å². The summed E-state index contributed by atoms with van der Waals surface area (Å²) < 4.78 is 35.6. The molecule has 0 atom stereocenters. The summed E-state index contributed by atoms with van der Waals surface area (Å²) in [6.45, 7) is 1.81. The summed E-state index contributed by atoms with van der Waals surface area (Å²) in [5.41, 5.74) is 0.405. The van der Waals surface area contributed by atoms with Gasteiger partial charge in [-0.25, -0.2) is 9.97 Å². The van der Waals surface area contributed by atoms with Crippen molar-refractivity contribution in [3.8, 4) is 0 Å². The Morgan fingerprint density at radius 3 is 2.56 bits per heavy atom. The Morgan fingerprint density at radius 2 is 2.06 bits per heavy atom. The van der Waals surface area contributed by atoms with Crippen LogP contribution in [0.3, 0.4) is 0 Å². The molecule has 0 aromatic carbocycles. The number of carbonyl (C=O) groups is 1. The van der Waals surface area contributed by atoms with Crippen LogP contribution in [0.15, 0.2) is 6.20 Å². The van der Waals surface area contributed by atoms with Crippen LogP contribution in [0.25, 0.3) is 0 Å². The van der Waals surface area contributed by atoms with E-state index in [-0.39, 0.29) is 5.56 Å². The van der Waals surface area contributed by atoms with Crippen LogP contribution in [0.4, 0.5) is 13.2 Å². The topological polar surface area (TPSA) is 54.9 Å². The minimum atomic E-state index is -4.42. The Kier molecular flexibility index (Phi) is 3.46. The Hall–Kier alpha value is -1.66. The largest absolute Gasteiger partial charge is 0.405 e. The van der Waals surface area contributed by atoms with Crippen LogP contribution in [0, 0.1) is 13.8 Å². The SMILES string of the molecule is Cc1ncc(C(=O)NCC(F)(F)F)c(C)n1. The zero-order chi connectivity index (χ0) is 12.3. The monoisotopic (exact) mass is 233 g/mol. The van der Waals surface area contributed by atoms with Crippen molar-refractivity contribution in [2.75, 3.05) is 6.54 Å². The molecule has 88 valence electrons. The van der Waals surface area contributed by atoms with E-state index in [0.29, 0.717) is 11.5 Å². The molecule has 4 nitrogen and oxygen atoms in total. The first kappa shape index (κ1) is 12.4. The summed E-state index contributed by atoms with van der Waals surface area (Å²) in [5.74, 6) is -0.361. The van der Waals surface area contributed by atoms with E-state index >= 15 is 0 Å². The highest BCUT2D eigenvalue weighted by Crippen LogP contribution is 2.13. The minimum absolute atomic E-state index is 0.0508. The van der Waals surface area contributed by atoms with E-state index in [9.17, 15) is 18.0 Å². The molecule has 1 rings (SSSR count). The predicted molar refractivity (Wildman–Crippen MR) is 49.9 cm³/mol. The molecule has 0 saturated carbocycles. The maximum atomic E-state index is 11.9. The molecule has 1 N–H and O–H groups in total. The zero-order valence-corrected chi connectivity index (χ0v) is 8.72. The molecule has 0 aliphatic carbocycles. The van der Waals surface area contributed by atoms with Crippen molar-refractivity contribution in [2.24, 2.45) is 0 Å². The van der Waals surface area contributed by atoms with Gasteiger partial charge in [0.2, 0.25) is 0 Å². The van der Waals surface area contributed by atoms with Gasteiger partial charge in [-0.05, 0) is 13.8 Å². The van der Waals surface area contributed by atoms with Gasteiger partial charge in [0.1, 0.15) is 12.4 Å². The Labute approximate surface area is 89.9 Å². The molecule has 0 saturated heterocycles. The molecule has 7 heteroatoms. The number of alkyl halides is 3. The van der Waals surface area contributed by atoms with Gasteiger partial charge in [0, 0.05) is 6.20 Å². The van der Waals surface area contributed by atoms with Gasteiger partial charge in [-0.1, -0.05) is 0 Å². The Bertz CT molecular complexity index is 403. The number of aromatic nitrogens is 2. The molecule has 0 bridgehead atoms. The van der Waals surface area contributed by atoms with E-state index in [1.807, 2.05) is 0 Å². The van der Waals surface area contributed by atoms with Crippen LogP contribution in [0.2, 0.25) is 0 Å². The molecule has 16 heavy (non-hydrogen) atoms. The Morgan fingerprint density at radius 1 is 1.44 bits per heavy atom. The summed E-state index contributed by atoms with van der Waals surface area (Å²) in [6, 6.07) is 0. The number of rotatable bonds is 2. The smallest absolute Gasteiger partial charge is 0.343 e. The molecule has 0 aliphatic heterocycles. The average Bonchev–Trinajstić information content (AvgIpc) is 2.13. The number of hydrogen-bond acceptors (Lipinski definition) is 3. The van der Waals surface area contributed by atoms with E-state index in [4.69, 9.17) is 0 Å². The standard InChI is InChI=1S/C9H10F3N3O/c1-5-7(3-13-6(2)15-5)8(16)14-4-9(10,11)12/h3H,4H2,1-2H3,(H,14,16). The number of halogens is 3. The molecule has 1 aromatic rings. The minimum Gasteiger partial charge on any atom is -0.343 e. The van der Waals surface area contributed by atoms with E-state index in [1.165, 1.54) is 13.1 Å². The second kappa shape index (κ2) is 4.46. The second-order valence-corrected chi connectivity index (χ2v) is 3.21. The first-order valence-electron chi connectivity index (χ1n) is 4.45. The summed E-state index contributed by atoms with van der Waals surface area (Å²) in [6.07, 6.45) is -3.21. The van der Waals surface area contributed by atoms with Gasteiger partial charge in [-0.2, -0.15) is 13.2 Å². The van der Waals surface area contributed by atoms with Crippen LogP contribution >= 0.6 is 0 Å². The Balaban J connectivity index is 2.74. The highest BCUT2D eigenvalue weighted by Gasteiger charge is 2.28. The summed E-state index contributed by atoms with van der Waals surface area (Å²) in [5, 5.41) is 1.76. The van der Waals surface area contributed by atoms with E-state index in [1.54, 1.807) is 12.2 Å². The normalized spacial score (nSPS) is 11.3. The van der Waals surface area contributed by atoms with Gasteiger partial charge in [-0.15, -0.1) is 0 Å². The molecule has 0 radical (unpaired) electrons. The highest BCUT2D eigenvalue weighted by molar-refractivity contribution is 5.94. The molecule has 0 fully saturated rings. The summed E-state index contributed by atoms with van der Waals surface area (Å²) in [7, 11) is 0. The summed E-state index contributed by atoms with van der Waals surface area (Å²) in [4.78, 5) is 19.0. The van der Waals surface area contributed by atoms with Crippen molar-refractivity contribution in [3.05, 3.63) is 23.3 Å². The maximum Gasteiger partial charge on any atom is 0.405 e. The third-order valence-corrected chi connectivity index (χ3v) is 1.79. The number of hydrogen-bond donors (Lipinski definition) is 1. The zero-order valence-electron chi connectivity index (χ0n) is 8.72. The molecule has 0 spiro atoms. The van der Waals surface area contributed by atoms with Crippen molar-refractivity contribution in [1.82, 2.24) is 15.3 Å². The molecule has 0 unspecified atom stereocenters. The first-order chi connectivity index (χ1) is 7.29. The fraction of sp³-hybridized carbons (Fsp3) is 0.444. The van der Waals surface area contributed by atoms with Crippen molar-refractivity contribution >= 4 is 5.91 Å². The number of carbonyl (C=O) groups excluding carboxylic acids is 1. The van der Waals surface area contributed by atoms with Crippen molar-refractivity contribution in [1.29, 1.82) is 0 Å². The van der Waals surface area contributed by atoms with Crippen LogP contribution in [-0.2, 0) is 0 Å². The van der Waals surface area contributed by atoms with Crippen molar-refractivity contribution in [2.45, 2.75) is 20.0 Å². The van der Waals surface area contributed by atoms with E-state index in [2.05, 4.69) is 9.97 Å². The lowest BCUT2D eigenvalue weighted by Crippen LogP contribution is -2.34. The number of amides is 1. The van der Waals surface area contributed by atoms with Gasteiger partial charge in [0.05, 0.1) is 11.3 Å². The first-order valence-corrected chi connectivity index (χ1v) is 4.45. The number of nitrogens with one attached hydrogen (secondary N) is 1. The number of aryl methyl sites for hydroxylation is 2. The van der Waals surface area contributed by atoms with Crippen LogP contribution < -0.4 is 5.32 Å². The predicted octanol–water partition coefficient (Wildman–Crippen LogP) is 1.39. The fourth-order valence-corrected chi connectivity index (χ4v) is 1.08. The molecular formula is C9H10F3N3O. The fourth-order valence-electron chi connectivity index (χ4n) is 1.08. The molecule has 1 heterocycles. The van der Waals surface area contributed by atoms with Crippen LogP contribution in [0.1, 0.15) is 21.9 Å². The van der Waals surface area contributed by atoms with Gasteiger partial charge in [0.25, 0.3) is 5.91 Å². The highest BCUT2D eigenvalue weighted by atomic mass is 19.4. The van der Waals surface area contributed by atoms with Crippen molar-refractivity contribution < 1.29 is 18.0 Å². The van der Waals surface area contributed by atoms with Crippen molar-refractivity contribution in [3.63, 3.8) is 0 Å². The average molecular weight is 233 g/mol. The molecule has 1 aromatic heterocycles. The van der Waals surface area contributed by atoms with E-state index in [0.717, 1.165) is 0 Å². The van der Waals surface area contributed by atoms with Crippen LogP contribution in [0.5, 0.6) is 0 Å². The second-order valence-electron chi connectivity index (χ2n) is 3.21. The third-order valence-electron chi connectivity index (χ3n) is 1.79. The van der Waals surface area contributed by atoms with Gasteiger partial charge in [-0.3, -0.25) is 4.79 Å². The van der Waals surface area contributed by atoms with Crippen LogP contribution in [-0.4, -0.2) is 28.6 Å². The molecule has 0 aliphatic rings. The molecule has 1 amide bonds. The lowest BCUT2D eigenvalue weighted by molar-refractivity contribution is -0.123. The van der Waals surface area contributed by atoms with Gasteiger partial charge in [0.15, 0.2) is 0 Å². The van der Waals surface area contributed by atoms with Gasteiger partial charge < -0.3 is 5.32 Å².